The Balaban J connectivity index is 2.35. The van der Waals surface area contributed by atoms with E-state index in [9.17, 15) is 31.5 Å². The lowest BCUT2D eigenvalue weighted by atomic mass is 10.1. The fourth-order valence-corrected chi connectivity index (χ4v) is 2.26. The summed E-state index contributed by atoms with van der Waals surface area (Å²) >= 11 is 0. The van der Waals surface area contributed by atoms with Gasteiger partial charge in [0.05, 0.1) is 5.39 Å². The Hall–Kier alpha value is -3.02. The number of rotatable bonds is 2. The zero-order chi connectivity index (χ0) is 18.6. The second-order valence-electron chi connectivity index (χ2n) is 5.04. The van der Waals surface area contributed by atoms with Crippen molar-refractivity contribution in [2.45, 2.75) is 12.1 Å². The second-order valence-corrected chi connectivity index (χ2v) is 5.04. The van der Waals surface area contributed by atoms with Crippen molar-refractivity contribution in [3.8, 4) is 0 Å². The molecule has 12 heteroatoms. The molecule has 0 aromatic carbocycles. The van der Waals surface area contributed by atoms with E-state index in [4.69, 9.17) is 5.84 Å². The normalized spacial score (nSPS) is 12.7. The number of hydrogen-bond acceptors (Lipinski definition) is 4. The van der Waals surface area contributed by atoms with Crippen molar-refractivity contribution in [2.75, 3.05) is 0 Å². The minimum absolute atomic E-state index is 0.0363. The molecule has 0 bridgehead atoms. The minimum Gasteiger partial charge on any atom is -0.339 e. The van der Waals surface area contributed by atoms with Crippen molar-refractivity contribution < 1.29 is 26.7 Å². The Kier molecular flexibility index (Phi) is 3.53. The van der Waals surface area contributed by atoms with Crippen molar-refractivity contribution in [1.29, 1.82) is 0 Å². The Bertz CT molecular complexity index is 1050. The van der Waals surface area contributed by atoms with E-state index in [0.29, 0.717) is 0 Å². The van der Waals surface area contributed by atoms with E-state index in [-0.39, 0.29) is 28.4 Å². The van der Waals surface area contributed by atoms with Gasteiger partial charge in [-0.1, -0.05) is 0 Å². The summed E-state index contributed by atoms with van der Waals surface area (Å²) in [5, 5.41) is -0.161. The van der Waals surface area contributed by atoms with Gasteiger partial charge in [-0.3, -0.25) is 19.4 Å². The molecule has 0 saturated carbocycles. The molecule has 0 aliphatic heterocycles. The number of alkyl halides is 5. The molecule has 25 heavy (non-hydrogen) atoms. The van der Waals surface area contributed by atoms with Crippen molar-refractivity contribution in [3.63, 3.8) is 0 Å². The predicted molar refractivity (Wildman–Crippen MR) is 74.9 cm³/mol. The van der Waals surface area contributed by atoms with E-state index < -0.39 is 29.1 Å². The summed E-state index contributed by atoms with van der Waals surface area (Å²) in [5.41, 5.74) is -1.42. The van der Waals surface area contributed by atoms with Crippen LogP contribution in [0.2, 0.25) is 0 Å². The van der Waals surface area contributed by atoms with Gasteiger partial charge in [-0.2, -0.15) is 22.0 Å². The topological polar surface area (TPSA) is 105 Å². The van der Waals surface area contributed by atoms with Crippen LogP contribution in [0.15, 0.2) is 29.2 Å². The van der Waals surface area contributed by atoms with Gasteiger partial charge in [0, 0.05) is 12.3 Å². The maximum Gasteiger partial charge on any atom is 0.459 e. The number of carbonyl (C=O) groups excluding carboxylic acids is 1. The summed E-state index contributed by atoms with van der Waals surface area (Å²) in [6.07, 6.45) is -4.84. The minimum atomic E-state index is -5.89. The number of nitrogens with two attached hydrogens (primary N) is 1. The number of nitrogen functional groups attached to an aromatic ring is 1. The largest absolute Gasteiger partial charge is 0.459 e. The number of nitrogens with zero attached hydrogens (tertiary/aromatic N) is 2. The smallest absolute Gasteiger partial charge is 0.339 e. The van der Waals surface area contributed by atoms with Crippen LogP contribution in [0.25, 0.3) is 16.7 Å². The summed E-state index contributed by atoms with van der Waals surface area (Å²) in [7, 11) is 0. The first-order chi connectivity index (χ1) is 11.6. The highest BCUT2D eigenvalue weighted by Crippen LogP contribution is 2.42. The summed E-state index contributed by atoms with van der Waals surface area (Å²) in [4.78, 5) is 29.2. The second kappa shape index (κ2) is 5.24. The molecule has 3 heterocycles. The number of carbonyl (C=O) groups is 1. The number of halogens is 5. The van der Waals surface area contributed by atoms with E-state index in [2.05, 4.69) is 4.98 Å². The van der Waals surface area contributed by atoms with Crippen LogP contribution in [-0.4, -0.2) is 26.5 Å². The molecule has 0 aliphatic rings. The lowest BCUT2D eigenvalue weighted by molar-refractivity contribution is -0.290. The number of H-pyrrole nitrogens is 1. The number of hydrogen-bond donors (Lipinski definition) is 3. The number of amides is 1. The maximum atomic E-state index is 13.6. The van der Waals surface area contributed by atoms with Crippen LogP contribution >= 0.6 is 0 Å². The van der Waals surface area contributed by atoms with Gasteiger partial charge in [0.15, 0.2) is 5.43 Å². The zero-order valence-corrected chi connectivity index (χ0v) is 12.0. The predicted octanol–water partition coefficient (Wildman–Crippen LogP) is 1.43. The van der Waals surface area contributed by atoms with Gasteiger partial charge in [0.25, 0.3) is 5.91 Å². The number of aromatic nitrogens is 3. The van der Waals surface area contributed by atoms with Crippen LogP contribution in [0.1, 0.15) is 16.2 Å². The number of hydrazine groups is 1. The fraction of sp³-hybridized carbons (Fsp3) is 0.154. The van der Waals surface area contributed by atoms with E-state index in [1.54, 1.807) is 5.43 Å². The first-order valence-electron chi connectivity index (χ1n) is 6.57. The lowest BCUT2D eigenvalue weighted by Crippen LogP contribution is -2.35. The average molecular weight is 361 g/mol. The highest BCUT2D eigenvalue weighted by Gasteiger charge is 2.59. The zero-order valence-electron chi connectivity index (χ0n) is 12.0. The standard InChI is InChI=1S/C13H8F5N5O2/c14-12(15,13(16,17)18)8-3-7(24)5-1-2-9-20-6(11(25)22-19)4-23(9)10(5)21-8/h1-4H,19H2,(H,21,24)(H,22,25). The molecule has 0 spiro atoms. The summed E-state index contributed by atoms with van der Waals surface area (Å²) in [6, 6.07) is 2.68. The summed E-state index contributed by atoms with van der Waals surface area (Å²) in [5.74, 6) is -1.11. The maximum absolute atomic E-state index is 13.6. The van der Waals surface area contributed by atoms with Crippen LogP contribution in [0.5, 0.6) is 0 Å². The number of pyridine rings is 2. The SMILES string of the molecule is NNC(=O)c1cn2c(ccc3c(=O)cc(C(F)(F)C(F)(F)F)[nH]c32)n1. The third kappa shape index (κ3) is 2.50. The third-order valence-corrected chi connectivity index (χ3v) is 3.48. The van der Waals surface area contributed by atoms with Crippen LogP contribution in [-0.2, 0) is 5.92 Å². The van der Waals surface area contributed by atoms with Crippen LogP contribution < -0.4 is 16.7 Å². The highest BCUT2D eigenvalue weighted by atomic mass is 19.4. The number of fused-ring (bicyclic) bond motifs is 3. The first-order valence-corrected chi connectivity index (χ1v) is 6.57. The number of aromatic amines is 1. The van der Waals surface area contributed by atoms with E-state index in [0.717, 1.165) is 10.6 Å². The van der Waals surface area contributed by atoms with Gasteiger partial charge in [0.1, 0.15) is 22.7 Å². The monoisotopic (exact) mass is 361 g/mol. The average Bonchev–Trinajstić information content (AvgIpc) is 2.97. The summed E-state index contributed by atoms with van der Waals surface area (Å²) in [6.45, 7) is 0. The van der Waals surface area contributed by atoms with Crippen molar-refractivity contribution >= 4 is 22.6 Å². The van der Waals surface area contributed by atoms with Gasteiger partial charge in [-0.15, -0.1) is 0 Å². The van der Waals surface area contributed by atoms with E-state index in [1.807, 2.05) is 4.98 Å². The van der Waals surface area contributed by atoms with E-state index >= 15 is 0 Å². The number of imidazole rings is 1. The fourth-order valence-electron chi connectivity index (χ4n) is 2.26. The van der Waals surface area contributed by atoms with Gasteiger partial charge < -0.3 is 4.98 Å². The Morgan fingerprint density at radius 1 is 1.24 bits per heavy atom. The first kappa shape index (κ1) is 16.8. The van der Waals surface area contributed by atoms with E-state index in [1.165, 1.54) is 12.1 Å². The molecule has 4 N–H and O–H groups in total. The molecule has 3 aromatic rings. The Morgan fingerprint density at radius 2 is 1.92 bits per heavy atom. The third-order valence-electron chi connectivity index (χ3n) is 3.48. The molecule has 0 aliphatic carbocycles. The molecule has 7 nitrogen and oxygen atoms in total. The van der Waals surface area contributed by atoms with Crippen LogP contribution in [0.3, 0.4) is 0 Å². The molecule has 3 rings (SSSR count). The highest BCUT2D eigenvalue weighted by molar-refractivity contribution is 5.93. The molecule has 0 radical (unpaired) electrons. The lowest BCUT2D eigenvalue weighted by Gasteiger charge is -2.19. The summed E-state index contributed by atoms with van der Waals surface area (Å²) < 4.78 is 65.8. The van der Waals surface area contributed by atoms with Gasteiger partial charge in [-0.05, 0) is 12.1 Å². The van der Waals surface area contributed by atoms with Gasteiger partial charge in [0.2, 0.25) is 0 Å². The van der Waals surface area contributed by atoms with Crippen molar-refractivity contribution in [1.82, 2.24) is 19.8 Å². The molecule has 3 aromatic heterocycles. The molecular formula is C13H8F5N5O2. The van der Waals surface area contributed by atoms with Gasteiger partial charge >= 0.3 is 12.1 Å². The Morgan fingerprint density at radius 3 is 2.52 bits per heavy atom. The molecule has 132 valence electrons. The van der Waals surface area contributed by atoms with Crippen molar-refractivity contribution in [2.24, 2.45) is 5.84 Å². The molecule has 1 amide bonds. The van der Waals surface area contributed by atoms with Crippen molar-refractivity contribution in [3.05, 3.63) is 46.0 Å². The number of nitrogens with one attached hydrogen (secondary N) is 2. The molecule has 0 fully saturated rings. The van der Waals surface area contributed by atoms with Crippen LogP contribution in [0.4, 0.5) is 22.0 Å². The quantitative estimate of drug-likeness (QED) is 0.278. The Labute approximate surface area is 134 Å². The van der Waals surface area contributed by atoms with Gasteiger partial charge in [-0.25, -0.2) is 10.8 Å². The molecule has 0 unspecified atom stereocenters. The molecular weight excluding hydrogens is 353 g/mol. The molecule has 0 saturated heterocycles. The van der Waals surface area contributed by atoms with Crippen LogP contribution in [0, 0.1) is 0 Å². The molecule has 0 atom stereocenters.